The fourth-order valence-electron chi connectivity index (χ4n) is 1.63. The van der Waals surface area contributed by atoms with E-state index in [-0.39, 0.29) is 11.9 Å². The normalized spacial score (nSPS) is 25.6. The van der Waals surface area contributed by atoms with Crippen molar-refractivity contribution in [2.75, 3.05) is 19.4 Å². The highest BCUT2D eigenvalue weighted by Gasteiger charge is 2.31. The Hall–Kier alpha value is -0.660. The lowest BCUT2D eigenvalue weighted by Gasteiger charge is -2.11. The summed E-state index contributed by atoms with van der Waals surface area (Å²) in [5.74, 6) is -0.521. The molecule has 2 unspecified atom stereocenters. The van der Waals surface area contributed by atoms with E-state index in [1.807, 2.05) is 0 Å². The highest BCUT2D eigenvalue weighted by Crippen LogP contribution is 2.09. The van der Waals surface area contributed by atoms with Gasteiger partial charge in [0.05, 0.1) is 17.9 Å². The average Bonchev–Trinajstić information content (AvgIpc) is 2.64. The summed E-state index contributed by atoms with van der Waals surface area (Å²) >= 11 is 0. The Morgan fingerprint density at radius 2 is 2.25 bits per heavy atom. The van der Waals surface area contributed by atoms with Gasteiger partial charge in [-0.05, 0) is 12.8 Å². The molecule has 6 nitrogen and oxygen atoms in total. The summed E-state index contributed by atoms with van der Waals surface area (Å²) < 4.78 is 29.9. The topological polar surface area (TPSA) is 84.5 Å². The van der Waals surface area contributed by atoms with Crippen LogP contribution in [0.25, 0.3) is 0 Å². The van der Waals surface area contributed by atoms with E-state index in [0.29, 0.717) is 19.4 Å². The zero-order valence-corrected chi connectivity index (χ0v) is 10.3. The first-order chi connectivity index (χ1) is 7.48. The van der Waals surface area contributed by atoms with Gasteiger partial charge in [-0.15, -0.1) is 0 Å². The Labute approximate surface area is 95.8 Å². The van der Waals surface area contributed by atoms with Crippen LogP contribution in [0.5, 0.6) is 0 Å². The minimum atomic E-state index is -3.47. The molecule has 7 heteroatoms. The molecular formula is C9H18N2O4S. The number of ether oxygens (including phenoxy) is 1. The summed E-state index contributed by atoms with van der Waals surface area (Å²) in [4.78, 5) is 11.6. The standard InChI is InChI=1S/C9H18N2O4S/c1-3-4-16(13,14)11-9(12)8-5-7(15-2)6-10-8/h7-8,10H,3-6H2,1-2H3,(H,11,12). The van der Waals surface area contributed by atoms with Gasteiger partial charge in [-0.3, -0.25) is 9.52 Å². The first kappa shape index (κ1) is 13.4. The molecule has 94 valence electrons. The van der Waals surface area contributed by atoms with E-state index >= 15 is 0 Å². The van der Waals surface area contributed by atoms with Crippen LogP contribution in [-0.2, 0) is 19.6 Å². The van der Waals surface area contributed by atoms with Gasteiger partial charge >= 0.3 is 0 Å². The van der Waals surface area contributed by atoms with Gasteiger partial charge in [0, 0.05) is 13.7 Å². The third-order valence-corrected chi connectivity index (χ3v) is 3.93. The second-order valence-corrected chi connectivity index (χ2v) is 5.68. The summed E-state index contributed by atoms with van der Waals surface area (Å²) in [5.41, 5.74) is 0. The SMILES string of the molecule is CCCS(=O)(=O)NC(=O)C1CC(OC)CN1. The van der Waals surface area contributed by atoms with E-state index < -0.39 is 22.0 Å². The number of carbonyl (C=O) groups excluding carboxylic acids is 1. The number of methoxy groups -OCH3 is 1. The molecule has 0 aromatic heterocycles. The van der Waals surface area contributed by atoms with Gasteiger partial charge in [-0.1, -0.05) is 6.92 Å². The molecule has 0 bridgehead atoms. The highest BCUT2D eigenvalue weighted by atomic mass is 32.2. The number of hydrogen-bond donors (Lipinski definition) is 2. The molecule has 2 atom stereocenters. The first-order valence-corrected chi connectivity index (χ1v) is 6.94. The van der Waals surface area contributed by atoms with Crippen molar-refractivity contribution in [2.24, 2.45) is 0 Å². The van der Waals surface area contributed by atoms with Gasteiger partial charge in [-0.25, -0.2) is 8.42 Å². The van der Waals surface area contributed by atoms with E-state index in [1.165, 1.54) is 0 Å². The maximum atomic E-state index is 11.6. The van der Waals surface area contributed by atoms with Crippen LogP contribution in [0, 0.1) is 0 Å². The maximum absolute atomic E-state index is 11.6. The van der Waals surface area contributed by atoms with Gasteiger partial charge in [-0.2, -0.15) is 0 Å². The molecule has 0 aromatic rings. The number of nitrogens with one attached hydrogen (secondary N) is 2. The lowest BCUT2D eigenvalue weighted by molar-refractivity contribution is -0.121. The summed E-state index contributed by atoms with van der Waals surface area (Å²) in [6.45, 7) is 2.32. The molecule has 0 saturated carbocycles. The molecular weight excluding hydrogens is 232 g/mol. The van der Waals surface area contributed by atoms with Crippen LogP contribution in [0.1, 0.15) is 19.8 Å². The second-order valence-electron chi connectivity index (χ2n) is 3.84. The lowest BCUT2D eigenvalue weighted by Crippen LogP contribution is -2.43. The molecule has 0 aromatic carbocycles. The molecule has 16 heavy (non-hydrogen) atoms. The van der Waals surface area contributed by atoms with Crippen molar-refractivity contribution in [3.63, 3.8) is 0 Å². The van der Waals surface area contributed by atoms with E-state index in [4.69, 9.17) is 4.74 Å². The minimum absolute atomic E-state index is 0.0235. The van der Waals surface area contributed by atoms with Crippen LogP contribution >= 0.6 is 0 Å². The van der Waals surface area contributed by atoms with Crippen molar-refractivity contribution in [3.05, 3.63) is 0 Å². The highest BCUT2D eigenvalue weighted by molar-refractivity contribution is 7.90. The summed E-state index contributed by atoms with van der Waals surface area (Å²) in [6.07, 6.45) is 0.968. The molecule has 1 heterocycles. The molecule has 0 radical (unpaired) electrons. The van der Waals surface area contributed by atoms with Crippen molar-refractivity contribution in [1.29, 1.82) is 0 Å². The van der Waals surface area contributed by atoms with Crippen LogP contribution in [-0.4, -0.2) is 45.9 Å². The van der Waals surface area contributed by atoms with E-state index in [2.05, 4.69) is 10.0 Å². The van der Waals surface area contributed by atoms with Gasteiger partial charge in [0.2, 0.25) is 10.0 Å². The predicted molar refractivity (Wildman–Crippen MR) is 59.4 cm³/mol. The third kappa shape index (κ3) is 3.73. The number of amides is 1. The average molecular weight is 250 g/mol. The Balaban J connectivity index is 2.48. The second kappa shape index (κ2) is 5.60. The fourth-order valence-corrected chi connectivity index (χ4v) is 2.72. The summed E-state index contributed by atoms with van der Waals surface area (Å²) in [7, 11) is -1.90. The molecule has 1 aliphatic heterocycles. The lowest BCUT2D eigenvalue weighted by atomic mass is 10.2. The zero-order chi connectivity index (χ0) is 12.2. The quantitative estimate of drug-likeness (QED) is 0.668. The molecule has 2 N–H and O–H groups in total. The number of sulfonamides is 1. The van der Waals surface area contributed by atoms with Crippen LogP contribution in [0.2, 0.25) is 0 Å². The van der Waals surface area contributed by atoms with Crippen LogP contribution < -0.4 is 10.0 Å². The van der Waals surface area contributed by atoms with Gasteiger partial charge in [0.15, 0.2) is 0 Å². The van der Waals surface area contributed by atoms with Crippen molar-refractivity contribution in [3.8, 4) is 0 Å². The Morgan fingerprint density at radius 3 is 2.75 bits per heavy atom. The Bertz CT molecular complexity index is 341. The van der Waals surface area contributed by atoms with E-state index in [9.17, 15) is 13.2 Å². The largest absolute Gasteiger partial charge is 0.380 e. The molecule has 1 rings (SSSR count). The molecule has 0 aliphatic carbocycles. The minimum Gasteiger partial charge on any atom is -0.380 e. The van der Waals surface area contributed by atoms with Crippen molar-refractivity contribution >= 4 is 15.9 Å². The van der Waals surface area contributed by atoms with Crippen molar-refractivity contribution in [2.45, 2.75) is 31.9 Å². The van der Waals surface area contributed by atoms with Crippen molar-refractivity contribution in [1.82, 2.24) is 10.0 Å². The molecule has 0 spiro atoms. The maximum Gasteiger partial charge on any atom is 0.250 e. The Kier molecular flexibility index (Phi) is 4.69. The zero-order valence-electron chi connectivity index (χ0n) is 9.52. The summed E-state index contributed by atoms with van der Waals surface area (Å²) in [6, 6.07) is -0.475. The number of rotatable bonds is 5. The van der Waals surface area contributed by atoms with Gasteiger partial charge < -0.3 is 10.1 Å². The molecule has 1 fully saturated rings. The van der Waals surface area contributed by atoms with E-state index in [0.717, 1.165) is 0 Å². The predicted octanol–water partition coefficient (Wildman–Crippen LogP) is -0.781. The smallest absolute Gasteiger partial charge is 0.250 e. The first-order valence-electron chi connectivity index (χ1n) is 5.29. The molecule has 1 amide bonds. The van der Waals surface area contributed by atoms with Gasteiger partial charge in [0.25, 0.3) is 5.91 Å². The summed E-state index contributed by atoms with van der Waals surface area (Å²) in [5, 5.41) is 2.92. The van der Waals surface area contributed by atoms with Crippen LogP contribution in [0.15, 0.2) is 0 Å². The van der Waals surface area contributed by atoms with Crippen molar-refractivity contribution < 1.29 is 17.9 Å². The fraction of sp³-hybridized carbons (Fsp3) is 0.889. The van der Waals surface area contributed by atoms with Crippen LogP contribution in [0.4, 0.5) is 0 Å². The Morgan fingerprint density at radius 1 is 1.56 bits per heavy atom. The third-order valence-electron chi connectivity index (χ3n) is 2.47. The monoisotopic (exact) mass is 250 g/mol. The van der Waals surface area contributed by atoms with Crippen LogP contribution in [0.3, 0.4) is 0 Å². The van der Waals surface area contributed by atoms with E-state index in [1.54, 1.807) is 14.0 Å². The molecule has 1 aliphatic rings. The van der Waals surface area contributed by atoms with Gasteiger partial charge in [0.1, 0.15) is 0 Å². The number of hydrogen-bond acceptors (Lipinski definition) is 5. The molecule has 1 saturated heterocycles. The number of carbonyl (C=O) groups is 1.